The smallest absolute Gasteiger partial charge is 0.239 e. The van der Waals surface area contributed by atoms with Crippen LogP contribution in [0.5, 0.6) is 0 Å². The summed E-state index contributed by atoms with van der Waals surface area (Å²) in [6.07, 6.45) is 0.156. The highest BCUT2D eigenvalue weighted by molar-refractivity contribution is 5.81. The fraction of sp³-hybridized carbons (Fsp3) is 0.900. The molecule has 0 aliphatic heterocycles. The van der Waals surface area contributed by atoms with Gasteiger partial charge in [0.1, 0.15) is 6.04 Å². The Morgan fingerprint density at radius 1 is 1.53 bits per heavy atom. The number of rotatable bonds is 7. The van der Waals surface area contributed by atoms with Crippen LogP contribution < -0.4 is 11.1 Å². The van der Waals surface area contributed by atoms with Crippen LogP contribution in [0.25, 0.3) is 0 Å². The largest absolute Gasteiger partial charge is 0.391 e. The van der Waals surface area contributed by atoms with Gasteiger partial charge < -0.3 is 20.9 Å². The van der Waals surface area contributed by atoms with Crippen molar-refractivity contribution in [2.24, 2.45) is 11.7 Å². The van der Waals surface area contributed by atoms with Crippen LogP contribution >= 0.6 is 0 Å². The first-order chi connectivity index (χ1) is 6.97. The first kappa shape index (κ1) is 14.3. The van der Waals surface area contributed by atoms with Crippen LogP contribution in [0.15, 0.2) is 0 Å². The van der Waals surface area contributed by atoms with E-state index in [1.54, 1.807) is 0 Å². The summed E-state index contributed by atoms with van der Waals surface area (Å²) in [4.78, 5) is 11.3. The van der Waals surface area contributed by atoms with Crippen LogP contribution in [-0.4, -0.2) is 43.4 Å². The zero-order chi connectivity index (χ0) is 11.8. The number of carbonyl (C=O) groups is 1. The average Bonchev–Trinajstić information content (AvgIpc) is 2.13. The molecule has 0 aliphatic rings. The highest BCUT2D eigenvalue weighted by atomic mass is 16.5. The number of methoxy groups -OCH3 is 1. The first-order valence-corrected chi connectivity index (χ1v) is 5.17. The van der Waals surface area contributed by atoms with Crippen molar-refractivity contribution >= 4 is 5.91 Å². The number of aliphatic hydroxyl groups excluding tert-OH is 1. The third-order valence-electron chi connectivity index (χ3n) is 1.94. The van der Waals surface area contributed by atoms with Crippen molar-refractivity contribution in [3.8, 4) is 0 Å². The van der Waals surface area contributed by atoms with E-state index in [2.05, 4.69) is 5.32 Å². The summed E-state index contributed by atoms with van der Waals surface area (Å²) >= 11 is 0. The van der Waals surface area contributed by atoms with E-state index in [0.29, 0.717) is 12.3 Å². The van der Waals surface area contributed by atoms with Gasteiger partial charge in [-0.15, -0.1) is 0 Å². The molecule has 0 aromatic heterocycles. The molecule has 4 N–H and O–H groups in total. The summed E-state index contributed by atoms with van der Waals surface area (Å²) in [7, 11) is 1.49. The number of aliphatic hydroxyl groups is 1. The third kappa shape index (κ3) is 7.30. The Balaban J connectivity index is 3.70. The van der Waals surface area contributed by atoms with Crippen molar-refractivity contribution in [1.82, 2.24) is 5.32 Å². The van der Waals surface area contributed by atoms with E-state index in [1.807, 2.05) is 13.8 Å². The fourth-order valence-electron chi connectivity index (χ4n) is 1.23. The molecule has 0 radical (unpaired) electrons. The molecule has 2 atom stereocenters. The molecule has 90 valence electrons. The molecular weight excluding hydrogens is 196 g/mol. The van der Waals surface area contributed by atoms with E-state index < -0.39 is 12.1 Å². The third-order valence-corrected chi connectivity index (χ3v) is 1.94. The standard InChI is InChI=1S/C10H22N2O3/c1-7(2)4-8(13)5-12-10(14)9(11)6-15-3/h7-9,13H,4-6,11H2,1-3H3,(H,12,14). The van der Waals surface area contributed by atoms with Gasteiger partial charge in [-0.1, -0.05) is 13.8 Å². The van der Waals surface area contributed by atoms with Crippen LogP contribution in [0.4, 0.5) is 0 Å². The molecule has 0 aliphatic carbocycles. The van der Waals surface area contributed by atoms with Gasteiger partial charge in [-0.3, -0.25) is 4.79 Å². The molecule has 0 aromatic carbocycles. The van der Waals surface area contributed by atoms with E-state index in [0.717, 1.165) is 0 Å². The van der Waals surface area contributed by atoms with Crippen LogP contribution in [-0.2, 0) is 9.53 Å². The SMILES string of the molecule is COCC(N)C(=O)NCC(O)CC(C)C. The normalized spacial score (nSPS) is 15.1. The van der Waals surface area contributed by atoms with Crippen LogP contribution in [0.3, 0.4) is 0 Å². The van der Waals surface area contributed by atoms with Crippen molar-refractivity contribution in [3.63, 3.8) is 0 Å². The van der Waals surface area contributed by atoms with E-state index in [-0.39, 0.29) is 19.1 Å². The van der Waals surface area contributed by atoms with E-state index in [1.165, 1.54) is 7.11 Å². The summed E-state index contributed by atoms with van der Waals surface area (Å²) < 4.78 is 4.75. The number of amides is 1. The van der Waals surface area contributed by atoms with Gasteiger partial charge in [-0.25, -0.2) is 0 Å². The van der Waals surface area contributed by atoms with Crippen molar-refractivity contribution < 1.29 is 14.6 Å². The monoisotopic (exact) mass is 218 g/mol. The predicted molar refractivity (Wildman–Crippen MR) is 58.3 cm³/mol. The second-order valence-corrected chi connectivity index (χ2v) is 4.09. The Kier molecular flexibility index (Phi) is 7.29. The maximum Gasteiger partial charge on any atom is 0.239 e. The minimum Gasteiger partial charge on any atom is -0.391 e. The van der Waals surface area contributed by atoms with E-state index in [9.17, 15) is 9.90 Å². The number of nitrogens with two attached hydrogens (primary N) is 1. The second kappa shape index (κ2) is 7.62. The maximum atomic E-state index is 11.3. The van der Waals surface area contributed by atoms with Crippen LogP contribution in [0.2, 0.25) is 0 Å². The Morgan fingerprint density at radius 3 is 2.60 bits per heavy atom. The molecule has 0 saturated heterocycles. The highest BCUT2D eigenvalue weighted by Gasteiger charge is 2.14. The topological polar surface area (TPSA) is 84.6 Å². The summed E-state index contributed by atoms with van der Waals surface area (Å²) in [5.41, 5.74) is 5.50. The fourth-order valence-corrected chi connectivity index (χ4v) is 1.23. The van der Waals surface area contributed by atoms with Gasteiger partial charge in [0.2, 0.25) is 5.91 Å². The van der Waals surface area contributed by atoms with Gasteiger partial charge in [0, 0.05) is 13.7 Å². The quantitative estimate of drug-likeness (QED) is 0.537. The summed E-state index contributed by atoms with van der Waals surface area (Å²) in [5, 5.41) is 12.1. The van der Waals surface area contributed by atoms with E-state index in [4.69, 9.17) is 10.5 Å². The molecule has 0 saturated carbocycles. The lowest BCUT2D eigenvalue weighted by Crippen LogP contribution is -2.45. The van der Waals surface area contributed by atoms with Gasteiger partial charge in [0.05, 0.1) is 12.7 Å². The molecule has 5 nitrogen and oxygen atoms in total. The van der Waals surface area contributed by atoms with Crippen molar-refractivity contribution in [1.29, 1.82) is 0 Å². The lowest BCUT2D eigenvalue weighted by molar-refractivity contribution is -0.123. The Labute approximate surface area is 91.0 Å². The molecule has 0 rings (SSSR count). The Hall–Kier alpha value is -0.650. The molecule has 2 unspecified atom stereocenters. The summed E-state index contributed by atoms with van der Waals surface area (Å²) in [6, 6.07) is -0.666. The first-order valence-electron chi connectivity index (χ1n) is 5.17. The van der Waals surface area contributed by atoms with Gasteiger partial charge in [-0.05, 0) is 12.3 Å². The van der Waals surface area contributed by atoms with Gasteiger partial charge >= 0.3 is 0 Å². The minimum atomic E-state index is -0.666. The molecule has 1 amide bonds. The van der Waals surface area contributed by atoms with E-state index >= 15 is 0 Å². The molecule has 0 fully saturated rings. The molecule has 15 heavy (non-hydrogen) atoms. The van der Waals surface area contributed by atoms with Gasteiger partial charge in [0.15, 0.2) is 0 Å². The zero-order valence-corrected chi connectivity index (χ0v) is 9.69. The average molecular weight is 218 g/mol. The number of hydrogen-bond acceptors (Lipinski definition) is 4. The maximum absolute atomic E-state index is 11.3. The van der Waals surface area contributed by atoms with Crippen LogP contribution in [0.1, 0.15) is 20.3 Å². The number of hydrogen-bond donors (Lipinski definition) is 3. The summed E-state index contributed by atoms with van der Waals surface area (Å²) in [5.74, 6) is 0.115. The van der Waals surface area contributed by atoms with Gasteiger partial charge in [-0.2, -0.15) is 0 Å². The number of carbonyl (C=O) groups excluding carboxylic acids is 1. The molecular formula is C10H22N2O3. The number of ether oxygens (including phenoxy) is 1. The molecule has 0 aromatic rings. The lowest BCUT2D eigenvalue weighted by Gasteiger charge is -2.16. The summed E-state index contributed by atoms with van der Waals surface area (Å²) in [6.45, 7) is 4.46. The minimum absolute atomic E-state index is 0.187. The molecule has 0 heterocycles. The van der Waals surface area contributed by atoms with Gasteiger partial charge in [0.25, 0.3) is 0 Å². The van der Waals surface area contributed by atoms with Crippen molar-refractivity contribution in [2.75, 3.05) is 20.3 Å². The Bertz CT molecular complexity index is 186. The van der Waals surface area contributed by atoms with Crippen molar-refractivity contribution in [3.05, 3.63) is 0 Å². The predicted octanol–water partition coefficient (Wildman–Crippen LogP) is -0.517. The Morgan fingerprint density at radius 2 is 2.13 bits per heavy atom. The van der Waals surface area contributed by atoms with Crippen LogP contribution in [0, 0.1) is 5.92 Å². The van der Waals surface area contributed by atoms with Crippen molar-refractivity contribution in [2.45, 2.75) is 32.4 Å². The molecule has 5 heteroatoms. The second-order valence-electron chi connectivity index (χ2n) is 4.09. The lowest BCUT2D eigenvalue weighted by atomic mass is 10.1. The molecule has 0 bridgehead atoms. The zero-order valence-electron chi connectivity index (χ0n) is 9.69. The molecule has 0 spiro atoms. The number of nitrogens with one attached hydrogen (secondary N) is 1. The highest BCUT2D eigenvalue weighted by Crippen LogP contribution is 2.03.